The van der Waals surface area contributed by atoms with Crippen molar-refractivity contribution >= 4 is 16.0 Å². The normalized spacial score (nSPS) is 28.9. The van der Waals surface area contributed by atoms with E-state index in [2.05, 4.69) is 0 Å². The summed E-state index contributed by atoms with van der Waals surface area (Å²) in [7, 11) is -3.34. The number of aliphatic carboxylic acids is 1. The number of carboxylic acids is 1. The van der Waals surface area contributed by atoms with Crippen molar-refractivity contribution in [2.75, 3.05) is 12.3 Å². The van der Waals surface area contributed by atoms with Gasteiger partial charge in [0.2, 0.25) is 10.0 Å². The standard InChI is InChI=1S/C8H15NO4S/c1-3-7(8(10)11)9-4-6(2)5-14(9,12)13/h6-7H,3-5H2,1-2H3,(H,10,11). The third-order valence-electron chi connectivity index (χ3n) is 2.36. The third kappa shape index (κ3) is 2.06. The summed E-state index contributed by atoms with van der Waals surface area (Å²) < 4.78 is 24.2. The zero-order chi connectivity index (χ0) is 10.9. The fraction of sp³-hybridized carbons (Fsp3) is 0.875. The van der Waals surface area contributed by atoms with Crippen LogP contribution in [0.25, 0.3) is 0 Å². The van der Waals surface area contributed by atoms with Crippen LogP contribution in [-0.2, 0) is 14.8 Å². The van der Waals surface area contributed by atoms with Gasteiger partial charge in [-0.1, -0.05) is 13.8 Å². The van der Waals surface area contributed by atoms with E-state index in [0.717, 1.165) is 4.31 Å². The maximum atomic E-state index is 11.5. The summed E-state index contributed by atoms with van der Waals surface area (Å²) in [5.74, 6) is -0.977. The Hall–Kier alpha value is -0.620. The molecule has 0 aliphatic carbocycles. The molecule has 1 heterocycles. The molecule has 1 N–H and O–H groups in total. The van der Waals surface area contributed by atoms with Crippen LogP contribution in [0, 0.1) is 5.92 Å². The molecule has 1 fully saturated rings. The summed E-state index contributed by atoms with van der Waals surface area (Å²) in [5, 5.41) is 8.85. The van der Waals surface area contributed by atoms with Gasteiger partial charge >= 0.3 is 5.97 Å². The van der Waals surface area contributed by atoms with Crippen LogP contribution in [0.3, 0.4) is 0 Å². The van der Waals surface area contributed by atoms with E-state index >= 15 is 0 Å². The first-order valence-corrected chi connectivity index (χ1v) is 6.21. The topological polar surface area (TPSA) is 74.7 Å². The Kier molecular flexibility index (Phi) is 3.16. The second-order valence-electron chi connectivity index (χ2n) is 3.72. The Morgan fingerprint density at radius 3 is 2.50 bits per heavy atom. The zero-order valence-electron chi connectivity index (χ0n) is 8.30. The SMILES string of the molecule is CCC(C(=O)O)N1CC(C)CS1(=O)=O. The van der Waals surface area contributed by atoms with Crippen molar-refractivity contribution in [3.8, 4) is 0 Å². The molecule has 0 aromatic rings. The van der Waals surface area contributed by atoms with Gasteiger partial charge in [0.15, 0.2) is 0 Å². The smallest absolute Gasteiger partial charge is 0.321 e. The van der Waals surface area contributed by atoms with E-state index in [0.29, 0.717) is 13.0 Å². The molecule has 0 aromatic heterocycles. The number of hydrogen-bond donors (Lipinski definition) is 1. The van der Waals surface area contributed by atoms with Crippen molar-refractivity contribution in [1.82, 2.24) is 4.31 Å². The molecule has 0 spiro atoms. The van der Waals surface area contributed by atoms with Crippen molar-refractivity contribution in [3.05, 3.63) is 0 Å². The highest BCUT2D eigenvalue weighted by atomic mass is 32.2. The van der Waals surface area contributed by atoms with Gasteiger partial charge < -0.3 is 5.11 Å². The molecule has 1 rings (SSSR count). The molecule has 0 bridgehead atoms. The van der Waals surface area contributed by atoms with Crippen LogP contribution < -0.4 is 0 Å². The van der Waals surface area contributed by atoms with Gasteiger partial charge in [0.25, 0.3) is 0 Å². The highest BCUT2D eigenvalue weighted by molar-refractivity contribution is 7.89. The number of hydrogen-bond acceptors (Lipinski definition) is 3. The van der Waals surface area contributed by atoms with Crippen molar-refractivity contribution in [2.24, 2.45) is 5.92 Å². The Morgan fingerprint density at radius 1 is 1.64 bits per heavy atom. The predicted molar refractivity (Wildman–Crippen MR) is 51.4 cm³/mol. The summed E-state index contributed by atoms with van der Waals surface area (Å²) in [6, 6.07) is -0.898. The number of rotatable bonds is 3. The second kappa shape index (κ2) is 3.86. The Balaban J connectivity index is 2.92. The first-order valence-electron chi connectivity index (χ1n) is 4.60. The number of sulfonamides is 1. The fourth-order valence-electron chi connectivity index (χ4n) is 1.75. The minimum atomic E-state index is -3.34. The molecular weight excluding hydrogens is 206 g/mol. The van der Waals surface area contributed by atoms with Crippen LogP contribution in [0.4, 0.5) is 0 Å². The highest BCUT2D eigenvalue weighted by Crippen LogP contribution is 2.23. The molecule has 2 atom stereocenters. The molecule has 0 saturated carbocycles. The van der Waals surface area contributed by atoms with Crippen molar-refractivity contribution in [2.45, 2.75) is 26.3 Å². The van der Waals surface area contributed by atoms with Crippen LogP contribution in [0.1, 0.15) is 20.3 Å². The van der Waals surface area contributed by atoms with Crippen LogP contribution >= 0.6 is 0 Å². The molecule has 1 aliphatic heterocycles. The molecule has 0 amide bonds. The highest BCUT2D eigenvalue weighted by Gasteiger charge is 2.40. The van der Waals surface area contributed by atoms with E-state index in [1.807, 2.05) is 6.92 Å². The minimum Gasteiger partial charge on any atom is -0.480 e. The summed E-state index contributed by atoms with van der Waals surface area (Å²) in [5.41, 5.74) is 0. The number of carbonyl (C=O) groups is 1. The molecule has 82 valence electrons. The van der Waals surface area contributed by atoms with Gasteiger partial charge in [0.1, 0.15) is 6.04 Å². The third-order valence-corrected chi connectivity index (χ3v) is 4.47. The first kappa shape index (κ1) is 11.5. The van der Waals surface area contributed by atoms with E-state index in [-0.39, 0.29) is 11.7 Å². The Labute approximate surface area is 83.8 Å². The van der Waals surface area contributed by atoms with Gasteiger partial charge in [-0.15, -0.1) is 0 Å². The van der Waals surface area contributed by atoms with Gasteiger partial charge in [-0.05, 0) is 12.3 Å². The van der Waals surface area contributed by atoms with Gasteiger partial charge in [-0.25, -0.2) is 8.42 Å². The lowest BCUT2D eigenvalue weighted by atomic mass is 10.2. The molecule has 2 unspecified atom stereocenters. The summed E-state index contributed by atoms with van der Waals surface area (Å²) in [6.45, 7) is 3.82. The van der Waals surface area contributed by atoms with E-state index < -0.39 is 22.0 Å². The number of carboxylic acid groups (broad SMARTS) is 1. The lowest BCUT2D eigenvalue weighted by Crippen LogP contribution is -2.41. The van der Waals surface area contributed by atoms with Gasteiger partial charge in [0, 0.05) is 6.54 Å². The van der Waals surface area contributed by atoms with Gasteiger partial charge in [-0.3, -0.25) is 4.79 Å². The van der Waals surface area contributed by atoms with Crippen molar-refractivity contribution < 1.29 is 18.3 Å². The lowest BCUT2D eigenvalue weighted by molar-refractivity contribution is -0.141. The van der Waals surface area contributed by atoms with Gasteiger partial charge in [0.05, 0.1) is 5.75 Å². The van der Waals surface area contributed by atoms with Crippen LogP contribution in [0.2, 0.25) is 0 Å². The average Bonchev–Trinajstić information content (AvgIpc) is 2.26. The average molecular weight is 221 g/mol. The molecule has 1 saturated heterocycles. The fourth-order valence-corrected chi connectivity index (χ4v) is 3.88. The molecule has 1 aliphatic rings. The molecule has 0 radical (unpaired) electrons. The molecule has 5 nitrogen and oxygen atoms in total. The van der Waals surface area contributed by atoms with Gasteiger partial charge in [-0.2, -0.15) is 4.31 Å². The van der Waals surface area contributed by atoms with Crippen LogP contribution in [0.15, 0.2) is 0 Å². The largest absolute Gasteiger partial charge is 0.480 e. The molecule has 6 heteroatoms. The minimum absolute atomic E-state index is 0.0217. The van der Waals surface area contributed by atoms with E-state index in [1.165, 1.54) is 0 Å². The second-order valence-corrected chi connectivity index (χ2v) is 5.68. The number of nitrogens with zero attached hydrogens (tertiary/aromatic N) is 1. The van der Waals surface area contributed by atoms with E-state index in [9.17, 15) is 13.2 Å². The first-order chi connectivity index (χ1) is 6.38. The predicted octanol–water partition coefficient (Wildman–Crippen LogP) is 0.131. The summed E-state index contributed by atoms with van der Waals surface area (Å²) in [4.78, 5) is 10.8. The van der Waals surface area contributed by atoms with Crippen molar-refractivity contribution in [3.63, 3.8) is 0 Å². The maximum absolute atomic E-state index is 11.5. The Bertz CT molecular complexity index is 324. The van der Waals surface area contributed by atoms with Crippen LogP contribution in [-0.4, -0.2) is 42.1 Å². The lowest BCUT2D eigenvalue weighted by Gasteiger charge is -2.21. The summed E-state index contributed by atoms with van der Waals surface area (Å²) >= 11 is 0. The molecule has 14 heavy (non-hydrogen) atoms. The molecule has 0 aromatic carbocycles. The summed E-state index contributed by atoms with van der Waals surface area (Å²) in [6.07, 6.45) is 0.307. The monoisotopic (exact) mass is 221 g/mol. The molecular formula is C8H15NO4S. The quantitative estimate of drug-likeness (QED) is 0.735. The van der Waals surface area contributed by atoms with E-state index in [4.69, 9.17) is 5.11 Å². The maximum Gasteiger partial charge on any atom is 0.321 e. The van der Waals surface area contributed by atoms with Crippen LogP contribution in [0.5, 0.6) is 0 Å². The van der Waals surface area contributed by atoms with E-state index in [1.54, 1.807) is 6.92 Å². The zero-order valence-corrected chi connectivity index (χ0v) is 9.12. The Morgan fingerprint density at radius 2 is 2.21 bits per heavy atom. The van der Waals surface area contributed by atoms with Crippen molar-refractivity contribution in [1.29, 1.82) is 0 Å².